The second kappa shape index (κ2) is 6.12. The van der Waals surface area contributed by atoms with Crippen LogP contribution in [-0.2, 0) is 9.63 Å². The Hall–Kier alpha value is -0.610. The van der Waals surface area contributed by atoms with Gasteiger partial charge in [-0.1, -0.05) is 6.92 Å². The van der Waals surface area contributed by atoms with Crippen molar-refractivity contribution in [1.82, 2.24) is 5.48 Å². The smallest absolute Gasteiger partial charge is 0.245 e. The van der Waals surface area contributed by atoms with Gasteiger partial charge in [-0.3, -0.25) is 9.63 Å². The summed E-state index contributed by atoms with van der Waals surface area (Å²) in [6.45, 7) is 4.23. The molecule has 0 spiro atoms. The Morgan fingerprint density at radius 2 is 2.27 bits per heavy atom. The predicted molar refractivity (Wildman–Crippen MR) is 42.7 cm³/mol. The maximum atomic E-state index is 10.9. The van der Waals surface area contributed by atoms with Gasteiger partial charge in [-0.05, 0) is 13.3 Å². The second-order valence-electron chi connectivity index (χ2n) is 2.33. The molecule has 4 heteroatoms. The number of nitrogens with two attached hydrogens (primary N) is 1. The van der Waals surface area contributed by atoms with Gasteiger partial charge < -0.3 is 5.73 Å². The zero-order valence-corrected chi connectivity index (χ0v) is 7.09. The summed E-state index contributed by atoms with van der Waals surface area (Å²) < 4.78 is 0. The third kappa shape index (κ3) is 5.82. The Kier molecular flexibility index (Phi) is 5.78. The van der Waals surface area contributed by atoms with Crippen molar-refractivity contribution in [1.29, 1.82) is 0 Å². The van der Waals surface area contributed by atoms with Gasteiger partial charge >= 0.3 is 0 Å². The first-order valence-corrected chi connectivity index (χ1v) is 3.86. The molecule has 0 saturated heterocycles. The number of hydroxylamine groups is 1. The number of carbonyl (C=O) groups excluding carboxylic acids is 1. The van der Waals surface area contributed by atoms with Crippen molar-refractivity contribution in [2.45, 2.75) is 32.7 Å². The van der Waals surface area contributed by atoms with Crippen molar-refractivity contribution >= 4 is 5.91 Å². The maximum absolute atomic E-state index is 10.9. The van der Waals surface area contributed by atoms with E-state index in [1.54, 1.807) is 6.92 Å². The van der Waals surface area contributed by atoms with E-state index in [1.807, 2.05) is 6.92 Å². The molecular formula is C7H16N2O2. The quantitative estimate of drug-likeness (QED) is 0.564. The first-order chi connectivity index (χ1) is 5.20. The Morgan fingerprint density at radius 1 is 1.64 bits per heavy atom. The van der Waals surface area contributed by atoms with Gasteiger partial charge in [-0.2, -0.15) is 0 Å². The van der Waals surface area contributed by atoms with E-state index in [1.165, 1.54) is 0 Å². The van der Waals surface area contributed by atoms with Gasteiger partial charge in [0, 0.05) is 12.5 Å². The van der Waals surface area contributed by atoms with Crippen LogP contribution in [-0.4, -0.2) is 18.6 Å². The molecule has 0 fully saturated rings. The van der Waals surface area contributed by atoms with E-state index in [2.05, 4.69) is 10.3 Å². The lowest BCUT2D eigenvalue weighted by molar-refractivity contribution is -0.133. The molecule has 0 aliphatic heterocycles. The summed E-state index contributed by atoms with van der Waals surface area (Å²) in [5.74, 6) is -0.152. The monoisotopic (exact) mass is 160 g/mol. The summed E-state index contributed by atoms with van der Waals surface area (Å²) >= 11 is 0. The fourth-order valence-corrected chi connectivity index (χ4v) is 0.577. The maximum Gasteiger partial charge on any atom is 0.245 e. The molecule has 1 amide bonds. The van der Waals surface area contributed by atoms with Gasteiger partial charge in [0.1, 0.15) is 0 Å². The summed E-state index contributed by atoms with van der Waals surface area (Å²) in [6, 6.07) is -0.0598. The minimum Gasteiger partial charge on any atom is -0.327 e. The molecule has 0 aromatic carbocycles. The molecule has 66 valence electrons. The first-order valence-electron chi connectivity index (χ1n) is 3.86. The van der Waals surface area contributed by atoms with Crippen LogP contribution < -0.4 is 11.2 Å². The van der Waals surface area contributed by atoms with E-state index >= 15 is 0 Å². The predicted octanol–water partition coefficient (Wildman–Crippen LogP) is 0.181. The Labute approximate surface area is 67.0 Å². The average molecular weight is 160 g/mol. The molecule has 1 unspecified atom stereocenters. The number of amides is 1. The van der Waals surface area contributed by atoms with Crippen LogP contribution >= 0.6 is 0 Å². The van der Waals surface area contributed by atoms with Crippen LogP contribution in [0.25, 0.3) is 0 Å². The summed E-state index contributed by atoms with van der Waals surface area (Å²) in [6.07, 6.45) is 1.13. The molecular weight excluding hydrogens is 144 g/mol. The van der Waals surface area contributed by atoms with Crippen molar-refractivity contribution in [3.05, 3.63) is 0 Å². The standard InChI is InChI=1S/C7H16N2O2/c1-3-6(8)5-7(10)9-11-4-2/h6H,3-5,8H2,1-2H3,(H,9,10). The molecule has 0 bridgehead atoms. The van der Waals surface area contributed by atoms with Crippen LogP contribution in [0, 0.1) is 0 Å². The Balaban J connectivity index is 3.36. The molecule has 0 aromatic rings. The molecule has 0 rings (SSSR count). The highest BCUT2D eigenvalue weighted by Crippen LogP contribution is 1.92. The van der Waals surface area contributed by atoms with Crippen LogP contribution in [0.4, 0.5) is 0 Å². The van der Waals surface area contributed by atoms with Crippen LogP contribution in [0.15, 0.2) is 0 Å². The number of hydrogen-bond acceptors (Lipinski definition) is 3. The van der Waals surface area contributed by atoms with Gasteiger partial charge in [0.15, 0.2) is 0 Å². The lowest BCUT2D eigenvalue weighted by Gasteiger charge is -2.07. The van der Waals surface area contributed by atoms with Crippen molar-refractivity contribution in [3.8, 4) is 0 Å². The number of hydrogen-bond donors (Lipinski definition) is 2. The number of carbonyl (C=O) groups is 1. The summed E-state index contributed by atoms with van der Waals surface area (Å²) in [5.41, 5.74) is 7.81. The van der Waals surface area contributed by atoms with Crippen LogP contribution in [0.1, 0.15) is 26.7 Å². The fourth-order valence-electron chi connectivity index (χ4n) is 0.577. The van der Waals surface area contributed by atoms with Crippen molar-refractivity contribution in [3.63, 3.8) is 0 Å². The van der Waals surface area contributed by atoms with Gasteiger partial charge in [-0.15, -0.1) is 0 Å². The fraction of sp³-hybridized carbons (Fsp3) is 0.857. The highest BCUT2D eigenvalue weighted by molar-refractivity contribution is 5.75. The topological polar surface area (TPSA) is 64.3 Å². The van der Waals surface area contributed by atoms with E-state index in [-0.39, 0.29) is 11.9 Å². The van der Waals surface area contributed by atoms with E-state index in [9.17, 15) is 4.79 Å². The highest BCUT2D eigenvalue weighted by atomic mass is 16.6. The van der Waals surface area contributed by atoms with E-state index in [4.69, 9.17) is 5.73 Å². The van der Waals surface area contributed by atoms with E-state index < -0.39 is 0 Å². The summed E-state index contributed by atoms with van der Waals surface area (Å²) in [7, 11) is 0. The number of nitrogens with one attached hydrogen (secondary N) is 1. The molecule has 0 heterocycles. The first kappa shape index (κ1) is 10.4. The molecule has 0 aromatic heterocycles. The molecule has 11 heavy (non-hydrogen) atoms. The third-order valence-electron chi connectivity index (χ3n) is 1.30. The van der Waals surface area contributed by atoms with E-state index in [0.29, 0.717) is 13.0 Å². The largest absolute Gasteiger partial charge is 0.327 e. The Bertz CT molecular complexity index is 117. The van der Waals surface area contributed by atoms with Gasteiger partial charge in [0.2, 0.25) is 5.91 Å². The zero-order valence-electron chi connectivity index (χ0n) is 7.09. The van der Waals surface area contributed by atoms with Gasteiger partial charge in [-0.25, -0.2) is 5.48 Å². The van der Waals surface area contributed by atoms with Crippen molar-refractivity contribution in [2.75, 3.05) is 6.61 Å². The van der Waals surface area contributed by atoms with Gasteiger partial charge in [0.25, 0.3) is 0 Å². The lowest BCUT2D eigenvalue weighted by Crippen LogP contribution is -2.31. The molecule has 0 aliphatic rings. The molecule has 3 N–H and O–H groups in total. The second-order valence-corrected chi connectivity index (χ2v) is 2.33. The minimum atomic E-state index is -0.152. The normalized spacial score (nSPS) is 12.6. The average Bonchev–Trinajstić information content (AvgIpc) is 2.00. The van der Waals surface area contributed by atoms with Crippen LogP contribution in [0.5, 0.6) is 0 Å². The Morgan fingerprint density at radius 3 is 2.73 bits per heavy atom. The zero-order chi connectivity index (χ0) is 8.69. The summed E-state index contributed by atoms with van der Waals surface area (Å²) in [4.78, 5) is 15.5. The van der Waals surface area contributed by atoms with Crippen molar-refractivity contribution < 1.29 is 9.63 Å². The van der Waals surface area contributed by atoms with Gasteiger partial charge in [0.05, 0.1) is 6.61 Å². The van der Waals surface area contributed by atoms with Crippen molar-refractivity contribution in [2.24, 2.45) is 5.73 Å². The van der Waals surface area contributed by atoms with E-state index in [0.717, 1.165) is 6.42 Å². The summed E-state index contributed by atoms with van der Waals surface area (Å²) in [5, 5.41) is 0. The third-order valence-corrected chi connectivity index (χ3v) is 1.30. The lowest BCUT2D eigenvalue weighted by atomic mass is 10.2. The van der Waals surface area contributed by atoms with Crippen LogP contribution in [0.3, 0.4) is 0 Å². The minimum absolute atomic E-state index is 0.0598. The molecule has 4 nitrogen and oxygen atoms in total. The SMILES string of the molecule is CCONC(=O)CC(N)CC. The van der Waals surface area contributed by atoms with Crippen LogP contribution in [0.2, 0.25) is 0 Å². The molecule has 0 saturated carbocycles. The molecule has 0 radical (unpaired) electrons. The molecule has 0 aliphatic carbocycles. The molecule has 1 atom stereocenters. The number of rotatable bonds is 5. The highest BCUT2D eigenvalue weighted by Gasteiger charge is 2.06.